The third kappa shape index (κ3) is 4.05. The number of hydrogen-bond donors (Lipinski definition) is 2. The quantitative estimate of drug-likeness (QED) is 0.758. The summed E-state index contributed by atoms with van der Waals surface area (Å²) >= 11 is 0. The van der Waals surface area contributed by atoms with Crippen LogP contribution < -0.4 is 10.6 Å². The van der Waals surface area contributed by atoms with Gasteiger partial charge in [0.15, 0.2) is 5.82 Å². The molecule has 0 saturated heterocycles. The zero-order chi connectivity index (χ0) is 14.5. The van der Waals surface area contributed by atoms with E-state index in [9.17, 15) is 4.79 Å². The van der Waals surface area contributed by atoms with Crippen LogP contribution in [-0.2, 0) is 4.79 Å². The number of nitrogens with zero attached hydrogens (tertiary/aromatic N) is 3. The zero-order valence-electron chi connectivity index (χ0n) is 11.8. The van der Waals surface area contributed by atoms with Crippen molar-refractivity contribution in [3.8, 4) is 5.82 Å². The van der Waals surface area contributed by atoms with Gasteiger partial charge in [-0.25, -0.2) is 0 Å². The lowest BCUT2D eigenvalue weighted by atomic mass is 10.3. The molecular weight excluding hydrogens is 266 g/mol. The second-order valence-corrected chi connectivity index (χ2v) is 5.29. The lowest BCUT2D eigenvalue weighted by molar-refractivity contribution is -0.121. The van der Waals surface area contributed by atoms with E-state index in [0.717, 1.165) is 5.82 Å². The number of carbonyl (C=O) groups is 1. The minimum atomic E-state index is 0.147. The second-order valence-electron chi connectivity index (χ2n) is 5.29. The van der Waals surface area contributed by atoms with Crippen molar-refractivity contribution in [2.24, 2.45) is 5.92 Å². The summed E-state index contributed by atoms with van der Waals surface area (Å²) in [5, 5.41) is 14.3. The van der Waals surface area contributed by atoms with Crippen molar-refractivity contribution in [3.05, 3.63) is 36.7 Å². The van der Waals surface area contributed by atoms with Crippen LogP contribution in [0.5, 0.6) is 0 Å². The molecule has 0 bridgehead atoms. The Labute approximate surface area is 123 Å². The highest BCUT2D eigenvalue weighted by Gasteiger charge is 2.23. The first-order chi connectivity index (χ1) is 10.3. The first kappa shape index (κ1) is 13.6. The minimum Gasteiger partial charge on any atom is -0.367 e. The highest BCUT2D eigenvalue weighted by Crippen LogP contribution is 2.31. The van der Waals surface area contributed by atoms with E-state index in [-0.39, 0.29) is 5.91 Å². The fraction of sp³-hybridized carbons (Fsp3) is 0.400. The van der Waals surface area contributed by atoms with Crippen LogP contribution in [0.15, 0.2) is 36.7 Å². The molecule has 0 atom stereocenters. The van der Waals surface area contributed by atoms with Crippen LogP contribution in [0.2, 0.25) is 0 Å². The van der Waals surface area contributed by atoms with Crippen molar-refractivity contribution in [2.45, 2.75) is 19.3 Å². The second kappa shape index (κ2) is 6.39. The number of anilines is 1. The fourth-order valence-corrected chi connectivity index (χ4v) is 2.09. The molecule has 0 unspecified atom stereocenters. The van der Waals surface area contributed by atoms with Gasteiger partial charge in [-0.2, -0.15) is 0 Å². The van der Waals surface area contributed by atoms with Gasteiger partial charge in [-0.05, 0) is 43.0 Å². The van der Waals surface area contributed by atoms with Crippen LogP contribution in [0.3, 0.4) is 0 Å². The Morgan fingerprint density at radius 1 is 1.19 bits per heavy atom. The number of hydrogen-bond acceptors (Lipinski definition) is 4. The largest absolute Gasteiger partial charge is 0.367 e. The van der Waals surface area contributed by atoms with E-state index in [2.05, 4.69) is 20.8 Å². The molecule has 0 aliphatic heterocycles. The molecule has 1 amide bonds. The number of aromatic nitrogens is 3. The molecule has 0 spiro atoms. The van der Waals surface area contributed by atoms with Gasteiger partial charge in [0.2, 0.25) is 5.91 Å². The standard InChI is InChI=1S/C15H19N5O/c21-15(11-12-3-4-12)17-8-7-16-13-5-6-14(19-18-13)20-9-1-2-10-20/h1-2,5-6,9-10,12H,3-4,7-8,11H2,(H,16,18)(H,17,21). The maximum Gasteiger partial charge on any atom is 0.220 e. The molecule has 6 heteroatoms. The van der Waals surface area contributed by atoms with Crippen molar-refractivity contribution in [3.63, 3.8) is 0 Å². The third-order valence-corrected chi connectivity index (χ3v) is 3.44. The van der Waals surface area contributed by atoms with Crippen LogP contribution in [-0.4, -0.2) is 33.8 Å². The summed E-state index contributed by atoms with van der Waals surface area (Å²) in [7, 11) is 0. The zero-order valence-corrected chi connectivity index (χ0v) is 11.8. The number of rotatable bonds is 7. The summed E-state index contributed by atoms with van der Waals surface area (Å²) < 4.78 is 1.90. The van der Waals surface area contributed by atoms with Gasteiger partial charge in [0.25, 0.3) is 0 Å². The van der Waals surface area contributed by atoms with Crippen LogP contribution in [0.4, 0.5) is 5.82 Å². The van der Waals surface area contributed by atoms with Crippen molar-refractivity contribution in [1.29, 1.82) is 0 Å². The van der Waals surface area contributed by atoms with E-state index in [1.807, 2.05) is 41.2 Å². The monoisotopic (exact) mass is 285 g/mol. The van der Waals surface area contributed by atoms with Crippen molar-refractivity contribution >= 4 is 11.7 Å². The Kier molecular flexibility index (Phi) is 4.14. The van der Waals surface area contributed by atoms with Gasteiger partial charge >= 0.3 is 0 Å². The Balaban J connectivity index is 1.40. The maximum absolute atomic E-state index is 11.5. The van der Waals surface area contributed by atoms with Crippen LogP contribution >= 0.6 is 0 Å². The summed E-state index contributed by atoms with van der Waals surface area (Å²) in [5.41, 5.74) is 0. The van der Waals surface area contributed by atoms with Gasteiger partial charge in [-0.3, -0.25) is 4.79 Å². The van der Waals surface area contributed by atoms with Gasteiger partial charge < -0.3 is 15.2 Å². The lowest BCUT2D eigenvalue weighted by Crippen LogP contribution is -2.29. The predicted molar refractivity (Wildman–Crippen MR) is 80.2 cm³/mol. The van der Waals surface area contributed by atoms with Gasteiger partial charge in [-0.1, -0.05) is 0 Å². The summed E-state index contributed by atoms with van der Waals surface area (Å²) in [5.74, 6) is 2.27. The first-order valence-corrected chi connectivity index (χ1v) is 7.29. The summed E-state index contributed by atoms with van der Waals surface area (Å²) in [6.07, 6.45) is 6.93. The van der Waals surface area contributed by atoms with Crippen molar-refractivity contribution in [1.82, 2.24) is 20.1 Å². The van der Waals surface area contributed by atoms with Gasteiger partial charge in [0, 0.05) is 31.9 Å². The number of carbonyl (C=O) groups excluding carboxylic acids is 1. The summed E-state index contributed by atoms with van der Waals surface area (Å²) in [6.45, 7) is 1.25. The maximum atomic E-state index is 11.5. The molecule has 1 saturated carbocycles. The molecule has 2 aromatic heterocycles. The summed E-state index contributed by atoms with van der Waals surface area (Å²) in [4.78, 5) is 11.5. The van der Waals surface area contributed by atoms with E-state index in [1.54, 1.807) is 0 Å². The topological polar surface area (TPSA) is 71.8 Å². The lowest BCUT2D eigenvalue weighted by Gasteiger charge is -2.07. The molecule has 1 aliphatic rings. The SMILES string of the molecule is O=C(CC1CC1)NCCNc1ccc(-n2cccc2)nn1. The average Bonchev–Trinajstić information content (AvgIpc) is 3.14. The Morgan fingerprint density at radius 2 is 2.00 bits per heavy atom. The highest BCUT2D eigenvalue weighted by atomic mass is 16.1. The van der Waals surface area contributed by atoms with E-state index in [4.69, 9.17) is 0 Å². The Hall–Kier alpha value is -2.37. The van der Waals surface area contributed by atoms with E-state index < -0.39 is 0 Å². The van der Waals surface area contributed by atoms with Gasteiger partial charge in [-0.15, -0.1) is 10.2 Å². The minimum absolute atomic E-state index is 0.147. The third-order valence-electron chi connectivity index (χ3n) is 3.44. The number of amides is 1. The molecule has 21 heavy (non-hydrogen) atoms. The molecule has 110 valence electrons. The molecule has 6 nitrogen and oxygen atoms in total. The molecule has 0 aromatic carbocycles. The van der Waals surface area contributed by atoms with E-state index >= 15 is 0 Å². The molecule has 1 aliphatic carbocycles. The normalized spacial score (nSPS) is 13.9. The summed E-state index contributed by atoms with van der Waals surface area (Å²) in [6, 6.07) is 7.67. The fourth-order valence-electron chi connectivity index (χ4n) is 2.09. The van der Waals surface area contributed by atoms with Gasteiger partial charge in [0.1, 0.15) is 5.82 Å². The molecule has 2 heterocycles. The van der Waals surface area contributed by atoms with Gasteiger partial charge in [0.05, 0.1) is 0 Å². The van der Waals surface area contributed by atoms with E-state index in [1.165, 1.54) is 12.8 Å². The Morgan fingerprint density at radius 3 is 2.67 bits per heavy atom. The molecule has 2 aromatic rings. The first-order valence-electron chi connectivity index (χ1n) is 7.29. The van der Waals surface area contributed by atoms with Crippen molar-refractivity contribution < 1.29 is 4.79 Å². The number of nitrogens with one attached hydrogen (secondary N) is 2. The Bertz CT molecular complexity index is 575. The van der Waals surface area contributed by atoms with Crippen LogP contribution in [0.1, 0.15) is 19.3 Å². The predicted octanol–water partition coefficient (Wildman–Crippen LogP) is 1.60. The van der Waals surface area contributed by atoms with Crippen LogP contribution in [0.25, 0.3) is 5.82 Å². The molecule has 1 fully saturated rings. The smallest absolute Gasteiger partial charge is 0.220 e. The highest BCUT2D eigenvalue weighted by molar-refractivity contribution is 5.76. The molecular formula is C15H19N5O. The molecule has 0 radical (unpaired) electrons. The molecule has 3 rings (SSSR count). The van der Waals surface area contributed by atoms with Crippen molar-refractivity contribution in [2.75, 3.05) is 18.4 Å². The average molecular weight is 285 g/mol. The molecule has 2 N–H and O–H groups in total. The van der Waals surface area contributed by atoms with E-state index in [0.29, 0.717) is 31.2 Å². The van der Waals surface area contributed by atoms with Crippen LogP contribution in [0, 0.1) is 5.92 Å².